The molecule has 2 aromatic rings. The van der Waals surface area contributed by atoms with E-state index in [1.807, 2.05) is 6.07 Å². The first-order chi connectivity index (χ1) is 12.6. The first kappa shape index (κ1) is 18.8. The lowest BCUT2D eigenvalue weighted by atomic mass is 10.1. The highest BCUT2D eigenvalue weighted by Gasteiger charge is 2.11. The van der Waals surface area contributed by atoms with Gasteiger partial charge in [0.05, 0.1) is 32.4 Å². The van der Waals surface area contributed by atoms with Crippen LogP contribution in [0.3, 0.4) is 0 Å². The number of benzene rings is 2. The van der Waals surface area contributed by atoms with Gasteiger partial charge in [-0.2, -0.15) is 5.26 Å². The highest BCUT2D eigenvalue weighted by atomic mass is 16.5. The first-order valence-electron chi connectivity index (χ1n) is 7.83. The van der Waals surface area contributed by atoms with E-state index in [1.54, 1.807) is 42.5 Å². The Morgan fingerprint density at radius 2 is 1.69 bits per heavy atom. The summed E-state index contributed by atoms with van der Waals surface area (Å²) in [4.78, 5) is 24.0. The van der Waals surface area contributed by atoms with Crippen LogP contribution in [-0.2, 0) is 11.3 Å². The first-order valence-corrected chi connectivity index (χ1v) is 7.83. The maximum Gasteiger partial charge on any atom is 0.251 e. The van der Waals surface area contributed by atoms with Gasteiger partial charge in [-0.15, -0.1) is 0 Å². The summed E-state index contributed by atoms with van der Waals surface area (Å²) in [5.74, 6) is 0.247. The fourth-order valence-electron chi connectivity index (χ4n) is 2.20. The number of ether oxygens (including phenoxy) is 2. The van der Waals surface area contributed by atoms with Gasteiger partial charge in [0.2, 0.25) is 5.91 Å². The van der Waals surface area contributed by atoms with Crippen molar-refractivity contribution >= 4 is 11.8 Å². The average molecular weight is 353 g/mol. The van der Waals surface area contributed by atoms with Crippen LogP contribution in [0.1, 0.15) is 21.5 Å². The van der Waals surface area contributed by atoms with E-state index in [1.165, 1.54) is 14.2 Å². The van der Waals surface area contributed by atoms with Gasteiger partial charge in [-0.05, 0) is 35.9 Å². The average Bonchev–Trinajstić information content (AvgIpc) is 2.70. The van der Waals surface area contributed by atoms with Crippen LogP contribution < -0.4 is 20.1 Å². The molecule has 0 atom stereocenters. The molecule has 7 nitrogen and oxygen atoms in total. The third-order valence-corrected chi connectivity index (χ3v) is 3.63. The molecule has 0 saturated carbocycles. The number of nitriles is 1. The van der Waals surface area contributed by atoms with E-state index in [4.69, 9.17) is 14.7 Å². The van der Waals surface area contributed by atoms with Gasteiger partial charge in [-0.1, -0.05) is 12.1 Å². The SMILES string of the molecule is COc1ccc(C(=O)NCC(=O)NCc2ccc(C#N)cc2)cc1OC. The Bertz CT molecular complexity index is 826. The van der Waals surface area contributed by atoms with Gasteiger partial charge in [0.25, 0.3) is 5.91 Å². The molecular weight excluding hydrogens is 334 g/mol. The van der Waals surface area contributed by atoms with E-state index in [9.17, 15) is 9.59 Å². The van der Waals surface area contributed by atoms with Crippen LogP contribution >= 0.6 is 0 Å². The highest BCUT2D eigenvalue weighted by molar-refractivity contribution is 5.97. The third kappa shape index (κ3) is 4.98. The second-order valence-corrected chi connectivity index (χ2v) is 5.34. The summed E-state index contributed by atoms with van der Waals surface area (Å²) in [6.45, 7) is 0.167. The number of methoxy groups -OCH3 is 2. The quantitative estimate of drug-likeness (QED) is 0.788. The summed E-state index contributed by atoms with van der Waals surface area (Å²) < 4.78 is 10.3. The van der Waals surface area contributed by atoms with E-state index in [2.05, 4.69) is 10.6 Å². The Morgan fingerprint density at radius 3 is 2.31 bits per heavy atom. The molecule has 0 heterocycles. The summed E-state index contributed by atoms with van der Waals surface area (Å²) in [6.07, 6.45) is 0. The second-order valence-electron chi connectivity index (χ2n) is 5.34. The molecule has 134 valence electrons. The number of nitrogens with zero attached hydrogens (tertiary/aromatic N) is 1. The van der Waals surface area contributed by atoms with Crippen LogP contribution in [0.5, 0.6) is 11.5 Å². The van der Waals surface area contributed by atoms with Crippen molar-refractivity contribution in [2.24, 2.45) is 0 Å². The normalized spacial score (nSPS) is 9.73. The van der Waals surface area contributed by atoms with Crippen molar-refractivity contribution in [1.82, 2.24) is 10.6 Å². The molecule has 0 saturated heterocycles. The number of carbonyl (C=O) groups is 2. The molecule has 0 aliphatic rings. The number of rotatable bonds is 7. The number of nitrogens with one attached hydrogen (secondary N) is 2. The third-order valence-electron chi connectivity index (χ3n) is 3.63. The molecule has 0 bridgehead atoms. The monoisotopic (exact) mass is 353 g/mol. The minimum Gasteiger partial charge on any atom is -0.493 e. The van der Waals surface area contributed by atoms with E-state index >= 15 is 0 Å². The zero-order chi connectivity index (χ0) is 18.9. The van der Waals surface area contributed by atoms with Crippen LogP contribution in [0.25, 0.3) is 0 Å². The summed E-state index contributed by atoms with van der Waals surface area (Å²) in [5, 5.41) is 14.0. The van der Waals surface area contributed by atoms with E-state index < -0.39 is 0 Å². The van der Waals surface area contributed by atoms with Gasteiger partial charge in [0.15, 0.2) is 11.5 Å². The lowest BCUT2D eigenvalue weighted by Gasteiger charge is -2.10. The largest absolute Gasteiger partial charge is 0.493 e. The molecule has 0 unspecified atom stereocenters. The van der Waals surface area contributed by atoms with E-state index in [0.29, 0.717) is 29.2 Å². The Hall–Kier alpha value is -3.53. The molecule has 0 fully saturated rings. The minimum absolute atomic E-state index is 0.149. The van der Waals surface area contributed by atoms with Gasteiger partial charge < -0.3 is 20.1 Å². The molecule has 0 aliphatic heterocycles. The van der Waals surface area contributed by atoms with Crippen LogP contribution in [0.4, 0.5) is 0 Å². The van der Waals surface area contributed by atoms with Crippen molar-refractivity contribution in [2.45, 2.75) is 6.54 Å². The zero-order valence-corrected chi connectivity index (χ0v) is 14.5. The predicted molar refractivity (Wildman–Crippen MR) is 94.9 cm³/mol. The molecule has 0 spiro atoms. The van der Waals surface area contributed by atoms with Crippen LogP contribution in [0, 0.1) is 11.3 Å². The zero-order valence-electron chi connectivity index (χ0n) is 14.5. The van der Waals surface area contributed by atoms with Crippen molar-refractivity contribution in [3.05, 3.63) is 59.2 Å². The molecule has 2 rings (SSSR count). The van der Waals surface area contributed by atoms with Crippen LogP contribution in [0.15, 0.2) is 42.5 Å². The van der Waals surface area contributed by atoms with Gasteiger partial charge >= 0.3 is 0 Å². The topological polar surface area (TPSA) is 100 Å². The maximum atomic E-state index is 12.1. The Balaban J connectivity index is 1.84. The molecule has 0 radical (unpaired) electrons. The van der Waals surface area contributed by atoms with Crippen molar-refractivity contribution in [3.8, 4) is 17.6 Å². The Kier molecular flexibility index (Phi) is 6.57. The molecule has 2 N–H and O–H groups in total. The molecular formula is C19H19N3O4. The minimum atomic E-state index is -0.389. The highest BCUT2D eigenvalue weighted by Crippen LogP contribution is 2.27. The number of hydrogen-bond donors (Lipinski definition) is 2. The molecule has 2 amide bonds. The maximum absolute atomic E-state index is 12.1. The second kappa shape index (κ2) is 9.08. The number of carbonyl (C=O) groups excluding carboxylic acids is 2. The lowest BCUT2D eigenvalue weighted by molar-refractivity contribution is -0.120. The van der Waals surface area contributed by atoms with E-state index in [-0.39, 0.29) is 18.4 Å². The Morgan fingerprint density at radius 1 is 1.00 bits per heavy atom. The predicted octanol–water partition coefficient (Wildman–Crippen LogP) is 1.62. The van der Waals surface area contributed by atoms with Crippen LogP contribution in [0.2, 0.25) is 0 Å². The number of hydrogen-bond acceptors (Lipinski definition) is 5. The Labute approximate surface area is 151 Å². The summed E-state index contributed by atoms with van der Waals surface area (Å²) >= 11 is 0. The van der Waals surface area contributed by atoms with Gasteiger partial charge in [-0.3, -0.25) is 9.59 Å². The molecule has 26 heavy (non-hydrogen) atoms. The summed E-state index contributed by atoms with van der Waals surface area (Å²) in [6, 6.07) is 13.7. The van der Waals surface area contributed by atoms with Gasteiger partial charge in [0, 0.05) is 12.1 Å². The standard InChI is InChI=1S/C19H19N3O4/c1-25-16-8-7-15(9-17(16)26-2)19(24)22-12-18(23)21-11-14-5-3-13(10-20)4-6-14/h3-9H,11-12H2,1-2H3,(H,21,23)(H,22,24). The summed E-state index contributed by atoms with van der Waals surface area (Å²) in [5.41, 5.74) is 1.79. The fraction of sp³-hybridized carbons (Fsp3) is 0.211. The van der Waals surface area contributed by atoms with Crippen molar-refractivity contribution in [1.29, 1.82) is 5.26 Å². The van der Waals surface area contributed by atoms with Gasteiger partial charge in [-0.25, -0.2) is 0 Å². The summed E-state index contributed by atoms with van der Waals surface area (Å²) in [7, 11) is 2.99. The number of amides is 2. The lowest BCUT2D eigenvalue weighted by Crippen LogP contribution is -2.36. The molecule has 2 aromatic carbocycles. The van der Waals surface area contributed by atoms with Crippen molar-refractivity contribution < 1.29 is 19.1 Å². The molecule has 0 aliphatic carbocycles. The molecule has 7 heteroatoms. The van der Waals surface area contributed by atoms with E-state index in [0.717, 1.165) is 5.56 Å². The van der Waals surface area contributed by atoms with Crippen LogP contribution in [-0.4, -0.2) is 32.6 Å². The molecule has 0 aromatic heterocycles. The smallest absolute Gasteiger partial charge is 0.251 e. The van der Waals surface area contributed by atoms with Crippen molar-refractivity contribution in [3.63, 3.8) is 0 Å². The fourth-order valence-corrected chi connectivity index (χ4v) is 2.20. The van der Waals surface area contributed by atoms with Crippen molar-refractivity contribution in [2.75, 3.05) is 20.8 Å². The van der Waals surface area contributed by atoms with Gasteiger partial charge in [0.1, 0.15) is 0 Å².